The Morgan fingerprint density at radius 3 is 2.04 bits per heavy atom. The number of hydrogen-bond acceptors (Lipinski definition) is 6. The Bertz CT molecular complexity index is 651. The lowest BCUT2D eigenvalue weighted by atomic mass is 9.79. The van der Waals surface area contributed by atoms with Gasteiger partial charge in [0.1, 0.15) is 3.82 Å². The summed E-state index contributed by atoms with van der Waals surface area (Å²) in [5.41, 5.74) is 1.58. The third-order valence-electron chi connectivity index (χ3n) is 3.82. The molecular formula is C17H21BINO5. The van der Waals surface area contributed by atoms with Gasteiger partial charge in [-0.2, -0.15) is 0 Å². The lowest BCUT2D eigenvalue weighted by Crippen LogP contribution is -2.48. The van der Waals surface area contributed by atoms with E-state index in [9.17, 15) is 14.4 Å². The van der Waals surface area contributed by atoms with Crippen molar-refractivity contribution in [2.24, 2.45) is 0 Å². The summed E-state index contributed by atoms with van der Waals surface area (Å²) in [6, 6.07) is 7.30. The van der Waals surface area contributed by atoms with Gasteiger partial charge in [0.15, 0.2) is 5.78 Å². The van der Waals surface area contributed by atoms with Crippen molar-refractivity contribution >= 4 is 47.4 Å². The van der Waals surface area contributed by atoms with E-state index in [1.165, 1.54) is 4.90 Å². The fraction of sp³-hybridized carbons (Fsp3) is 0.471. The van der Waals surface area contributed by atoms with Gasteiger partial charge in [0.25, 0.3) is 0 Å². The van der Waals surface area contributed by atoms with Crippen LogP contribution in [0.2, 0.25) is 0 Å². The summed E-state index contributed by atoms with van der Waals surface area (Å²) in [5.74, 6) is -1.31. The summed E-state index contributed by atoms with van der Waals surface area (Å²) < 4.78 is 9.51. The Hall–Kier alpha value is -1.42. The molecular weight excluding hydrogens is 436 g/mol. The molecule has 0 bridgehead atoms. The van der Waals surface area contributed by atoms with Gasteiger partial charge in [-0.25, -0.2) is 0 Å². The van der Waals surface area contributed by atoms with Gasteiger partial charge in [0, 0.05) is 5.56 Å². The maximum absolute atomic E-state index is 12.7. The Labute approximate surface area is 161 Å². The quantitative estimate of drug-likeness (QED) is 0.300. The number of rotatable bonds is 3. The van der Waals surface area contributed by atoms with E-state index in [-0.39, 0.29) is 24.3 Å². The lowest BCUT2D eigenvalue weighted by Gasteiger charge is -2.24. The van der Waals surface area contributed by atoms with Gasteiger partial charge in [-0.3, -0.25) is 19.3 Å². The van der Waals surface area contributed by atoms with Gasteiger partial charge in [-0.15, -0.1) is 0 Å². The maximum atomic E-state index is 12.7. The van der Waals surface area contributed by atoms with Crippen LogP contribution in [-0.2, 0) is 24.3 Å². The standard InChI is InChI=1S/C17H21BINO5/c1-17(2,3)12-7-5-11(6-8-12)15(23)16(19)18-24-13(21)9-20(4)10-14(22)25-18/h5-8,16H,9-10H2,1-4H3/t16-/m0/s1. The monoisotopic (exact) mass is 457 g/mol. The van der Waals surface area contributed by atoms with Gasteiger partial charge >= 0.3 is 19.1 Å². The molecule has 0 saturated carbocycles. The largest absolute Gasteiger partial charge is 0.620 e. The van der Waals surface area contributed by atoms with Crippen LogP contribution < -0.4 is 0 Å². The average molecular weight is 457 g/mol. The van der Waals surface area contributed by atoms with E-state index >= 15 is 0 Å². The number of carbonyl (C=O) groups excluding carboxylic acids is 3. The fourth-order valence-corrected chi connectivity index (χ4v) is 3.04. The summed E-state index contributed by atoms with van der Waals surface area (Å²) in [4.78, 5) is 37.8. The Balaban J connectivity index is 2.15. The summed E-state index contributed by atoms with van der Waals surface area (Å²) in [5, 5.41) is 0. The summed E-state index contributed by atoms with van der Waals surface area (Å²) in [6.45, 7) is 6.23. The second kappa shape index (κ2) is 7.86. The molecule has 25 heavy (non-hydrogen) atoms. The molecule has 0 radical (unpaired) electrons. The van der Waals surface area contributed by atoms with Gasteiger partial charge in [0.2, 0.25) is 0 Å². The van der Waals surface area contributed by atoms with Crippen molar-refractivity contribution in [3.8, 4) is 0 Å². The van der Waals surface area contributed by atoms with E-state index in [1.807, 2.05) is 34.7 Å². The van der Waals surface area contributed by atoms with Crippen LogP contribution in [0.3, 0.4) is 0 Å². The van der Waals surface area contributed by atoms with Gasteiger partial charge in [-0.05, 0) is 18.0 Å². The van der Waals surface area contributed by atoms with Crippen LogP contribution in [0.1, 0.15) is 36.7 Å². The van der Waals surface area contributed by atoms with Crippen molar-refractivity contribution < 1.29 is 23.7 Å². The number of carbonyl (C=O) groups is 3. The highest BCUT2D eigenvalue weighted by Gasteiger charge is 2.42. The zero-order valence-electron chi connectivity index (χ0n) is 14.7. The first-order valence-electron chi connectivity index (χ1n) is 7.94. The summed E-state index contributed by atoms with van der Waals surface area (Å²) >= 11 is 1.85. The van der Waals surface area contributed by atoms with E-state index in [2.05, 4.69) is 20.8 Å². The third kappa shape index (κ3) is 5.28. The van der Waals surface area contributed by atoms with E-state index in [0.717, 1.165) is 5.56 Å². The number of halogens is 1. The van der Waals surface area contributed by atoms with Crippen molar-refractivity contribution in [1.82, 2.24) is 4.90 Å². The molecule has 6 nitrogen and oxygen atoms in total. The van der Waals surface area contributed by atoms with Gasteiger partial charge < -0.3 is 9.31 Å². The number of ketones is 1. The summed E-state index contributed by atoms with van der Waals surface area (Å²) in [7, 11) is 0.399. The number of hydrogen-bond donors (Lipinski definition) is 0. The molecule has 1 heterocycles. The summed E-state index contributed by atoms with van der Waals surface area (Å²) in [6.07, 6.45) is 0. The molecule has 1 saturated heterocycles. The molecule has 1 aromatic rings. The topological polar surface area (TPSA) is 72.9 Å². The minimum atomic E-state index is -1.22. The number of likely N-dealkylation sites (N-methyl/N-ethyl adjacent to an activating group) is 1. The van der Waals surface area contributed by atoms with Crippen LogP contribution >= 0.6 is 22.6 Å². The molecule has 0 spiro atoms. The average Bonchev–Trinajstić information content (AvgIpc) is 2.50. The Kier molecular flexibility index (Phi) is 6.26. The Morgan fingerprint density at radius 2 is 1.60 bits per heavy atom. The highest BCUT2D eigenvalue weighted by atomic mass is 127. The smallest absolute Gasteiger partial charge is 0.497 e. The van der Waals surface area contributed by atoms with E-state index in [4.69, 9.17) is 9.31 Å². The van der Waals surface area contributed by atoms with Crippen molar-refractivity contribution in [2.75, 3.05) is 20.1 Å². The van der Waals surface area contributed by atoms with Crippen LogP contribution in [0, 0.1) is 0 Å². The van der Waals surface area contributed by atoms with Crippen LogP contribution in [0.15, 0.2) is 24.3 Å². The minimum Gasteiger partial charge on any atom is -0.497 e. The molecule has 1 atom stereocenters. The third-order valence-corrected chi connectivity index (χ3v) is 4.97. The number of alkyl halides is 1. The van der Waals surface area contributed by atoms with Gasteiger partial charge in [0.05, 0.1) is 13.1 Å². The lowest BCUT2D eigenvalue weighted by molar-refractivity contribution is -0.145. The molecule has 1 aromatic carbocycles. The number of benzene rings is 1. The van der Waals surface area contributed by atoms with E-state index in [1.54, 1.807) is 19.2 Å². The van der Waals surface area contributed by atoms with Crippen LogP contribution in [0.5, 0.6) is 0 Å². The molecule has 134 valence electrons. The number of Topliss-reactive ketones (excluding diaryl/α,β-unsaturated/α-hetero) is 1. The minimum absolute atomic E-state index is 0.0120. The normalized spacial score (nSPS) is 18.0. The highest BCUT2D eigenvalue weighted by Crippen LogP contribution is 2.24. The second-order valence-corrected chi connectivity index (χ2v) is 8.46. The van der Waals surface area contributed by atoms with E-state index in [0.29, 0.717) is 5.56 Å². The number of nitrogens with zero attached hydrogens (tertiary/aromatic N) is 1. The van der Waals surface area contributed by atoms with Gasteiger partial charge in [-0.1, -0.05) is 67.6 Å². The first-order valence-corrected chi connectivity index (χ1v) is 9.19. The molecule has 1 fully saturated rings. The van der Waals surface area contributed by atoms with Crippen LogP contribution in [0.25, 0.3) is 0 Å². The maximum Gasteiger partial charge on any atom is 0.620 e. The van der Waals surface area contributed by atoms with Crippen molar-refractivity contribution in [1.29, 1.82) is 0 Å². The molecule has 1 aliphatic heterocycles. The van der Waals surface area contributed by atoms with E-state index < -0.39 is 22.9 Å². The SMILES string of the molecule is CN1CC(=O)OB([C@@H](I)C(=O)c2ccc(C(C)(C)C)cc2)OC(=O)C1. The Morgan fingerprint density at radius 1 is 1.12 bits per heavy atom. The van der Waals surface area contributed by atoms with Crippen LogP contribution in [-0.4, -0.2) is 53.7 Å². The first kappa shape index (κ1) is 19.9. The molecule has 8 heteroatoms. The van der Waals surface area contributed by atoms with Crippen molar-refractivity contribution in [2.45, 2.75) is 30.0 Å². The van der Waals surface area contributed by atoms with Crippen molar-refractivity contribution in [3.05, 3.63) is 35.4 Å². The molecule has 0 amide bonds. The molecule has 0 unspecified atom stereocenters. The molecule has 1 aliphatic rings. The molecule has 2 rings (SSSR count). The first-order chi connectivity index (χ1) is 11.6. The predicted molar refractivity (Wildman–Crippen MR) is 103 cm³/mol. The molecule has 0 aromatic heterocycles. The zero-order chi connectivity index (χ0) is 18.8. The molecule has 0 N–H and O–H groups in total. The predicted octanol–water partition coefficient (Wildman–Crippen LogP) is 2.03. The zero-order valence-corrected chi connectivity index (χ0v) is 16.9. The van der Waals surface area contributed by atoms with Crippen LogP contribution in [0.4, 0.5) is 0 Å². The molecule has 0 aliphatic carbocycles. The highest BCUT2D eigenvalue weighted by molar-refractivity contribution is 14.1. The second-order valence-electron chi connectivity index (χ2n) is 7.11. The van der Waals surface area contributed by atoms with Crippen molar-refractivity contribution in [3.63, 3.8) is 0 Å². The fourth-order valence-electron chi connectivity index (χ4n) is 2.39.